The molecule has 4 rings (SSSR count). The van der Waals surface area contributed by atoms with E-state index in [4.69, 9.17) is 16.6 Å². The Hall–Kier alpha value is -1.98. The number of carbonyl (C=O) groups excluding carboxylic acids is 1. The molecule has 130 valence electrons. The zero-order valence-electron chi connectivity index (χ0n) is 14.4. The molecular weight excluding hydrogens is 336 g/mol. The fourth-order valence-electron chi connectivity index (χ4n) is 3.87. The Morgan fingerprint density at radius 1 is 1.32 bits per heavy atom. The van der Waals surface area contributed by atoms with Gasteiger partial charge in [0.1, 0.15) is 0 Å². The monoisotopic (exact) mass is 356 g/mol. The molecule has 1 N–H and O–H groups in total. The van der Waals surface area contributed by atoms with Crippen LogP contribution in [0.3, 0.4) is 0 Å². The zero-order chi connectivity index (χ0) is 17.6. The van der Waals surface area contributed by atoms with Gasteiger partial charge >= 0.3 is 0 Å². The topological polar surface area (TPSA) is 58.1 Å². The summed E-state index contributed by atoms with van der Waals surface area (Å²) in [6.45, 7) is 6.00. The van der Waals surface area contributed by atoms with Crippen molar-refractivity contribution >= 4 is 23.3 Å². The molecule has 0 spiro atoms. The average molecular weight is 357 g/mol. The van der Waals surface area contributed by atoms with E-state index in [-0.39, 0.29) is 5.91 Å². The van der Waals surface area contributed by atoms with Gasteiger partial charge in [0.2, 0.25) is 0 Å². The molecule has 1 fully saturated rings. The van der Waals surface area contributed by atoms with Gasteiger partial charge in [0, 0.05) is 29.2 Å². The molecule has 1 saturated heterocycles. The molecular formula is C19H21ClN4O. The first kappa shape index (κ1) is 16.5. The molecule has 0 saturated carbocycles. The van der Waals surface area contributed by atoms with E-state index in [0.29, 0.717) is 22.3 Å². The first-order valence-corrected chi connectivity index (χ1v) is 9.03. The van der Waals surface area contributed by atoms with Crippen LogP contribution in [-0.4, -0.2) is 29.0 Å². The van der Waals surface area contributed by atoms with Crippen molar-refractivity contribution in [2.24, 2.45) is 0 Å². The van der Waals surface area contributed by atoms with Crippen LogP contribution in [0.2, 0.25) is 5.02 Å². The van der Waals surface area contributed by atoms with Gasteiger partial charge in [-0.3, -0.25) is 14.7 Å². The van der Waals surface area contributed by atoms with Crippen molar-refractivity contribution in [1.82, 2.24) is 15.3 Å². The molecule has 3 heterocycles. The number of fused-ring (bicyclic) bond motifs is 1. The third-order valence-electron chi connectivity index (χ3n) is 5.22. The van der Waals surface area contributed by atoms with Crippen molar-refractivity contribution in [3.63, 3.8) is 0 Å². The Labute approximate surface area is 152 Å². The molecule has 0 bridgehead atoms. The third-order valence-corrected chi connectivity index (χ3v) is 5.45. The molecule has 1 aromatic carbocycles. The van der Waals surface area contributed by atoms with Crippen LogP contribution in [0.1, 0.15) is 54.2 Å². The number of nitrogens with one attached hydrogen (secondary N) is 1. The van der Waals surface area contributed by atoms with Crippen LogP contribution < -0.4 is 10.2 Å². The average Bonchev–Trinajstić information content (AvgIpc) is 2.81. The molecule has 0 aliphatic carbocycles. The van der Waals surface area contributed by atoms with Gasteiger partial charge in [-0.25, -0.2) is 4.98 Å². The Morgan fingerprint density at radius 3 is 2.92 bits per heavy atom. The van der Waals surface area contributed by atoms with E-state index >= 15 is 0 Å². The normalized spacial score (nSPS) is 22.1. The minimum absolute atomic E-state index is 0.0510. The molecule has 5 nitrogen and oxygen atoms in total. The quantitative estimate of drug-likeness (QED) is 0.894. The van der Waals surface area contributed by atoms with Crippen LogP contribution in [-0.2, 0) is 5.54 Å². The number of carbonyl (C=O) groups is 1. The molecule has 1 aromatic heterocycles. The number of nitrogens with zero attached hydrogens (tertiary/aromatic N) is 3. The molecule has 2 aromatic rings. The lowest BCUT2D eigenvalue weighted by molar-refractivity contribution is 0.0981. The third kappa shape index (κ3) is 2.71. The highest BCUT2D eigenvalue weighted by molar-refractivity contribution is 6.31. The summed E-state index contributed by atoms with van der Waals surface area (Å²) in [5.41, 5.74) is 2.04. The van der Waals surface area contributed by atoms with E-state index in [0.717, 1.165) is 37.2 Å². The number of piperidine rings is 1. The van der Waals surface area contributed by atoms with E-state index < -0.39 is 5.54 Å². The summed E-state index contributed by atoms with van der Waals surface area (Å²) in [5.74, 6) is 0.897. The van der Waals surface area contributed by atoms with Crippen molar-refractivity contribution in [2.75, 3.05) is 18.0 Å². The largest absolute Gasteiger partial charge is 0.316 e. The minimum Gasteiger partial charge on any atom is -0.316 e. The smallest absolute Gasteiger partial charge is 0.260 e. The van der Waals surface area contributed by atoms with Gasteiger partial charge in [-0.05, 0) is 57.0 Å². The van der Waals surface area contributed by atoms with Gasteiger partial charge in [0.25, 0.3) is 5.91 Å². The van der Waals surface area contributed by atoms with Crippen LogP contribution in [0.5, 0.6) is 0 Å². The summed E-state index contributed by atoms with van der Waals surface area (Å²) in [7, 11) is 0. The van der Waals surface area contributed by atoms with Crippen molar-refractivity contribution < 1.29 is 4.79 Å². The molecule has 1 unspecified atom stereocenters. The second-order valence-electron chi connectivity index (χ2n) is 7.23. The van der Waals surface area contributed by atoms with E-state index in [9.17, 15) is 4.79 Å². The summed E-state index contributed by atoms with van der Waals surface area (Å²) in [4.78, 5) is 23.9. The maximum absolute atomic E-state index is 13.0. The van der Waals surface area contributed by atoms with Crippen LogP contribution in [0.15, 0.2) is 30.6 Å². The first-order valence-electron chi connectivity index (χ1n) is 8.66. The molecule has 25 heavy (non-hydrogen) atoms. The zero-order valence-corrected chi connectivity index (χ0v) is 15.2. The Balaban J connectivity index is 1.74. The van der Waals surface area contributed by atoms with E-state index in [1.54, 1.807) is 23.2 Å². The second-order valence-corrected chi connectivity index (χ2v) is 7.67. The predicted octanol–water partition coefficient (Wildman–Crippen LogP) is 3.49. The SMILES string of the molecule is CC1(C)c2cc(Cl)ccc2C(=O)N1c1cncc(C2CCCNC2)n1. The minimum atomic E-state index is -0.518. The van der Waals surface area contributed by atoms with Gasteiger partial charge in [0.15, 0.2) is 5.82 Å². The molecule has 1 atom stereocenters. The number of rotatable bonds is 2. The van der Waals surface area contributed by atoms with Crippen molar-refractivity contribution in [1.29, 1.82) is 0 Å². The first-order chi connectivity index (χ1) is 12.0. The van der Waals surface area contributed by atoms with Crippen LogP contribution in [0.25, 0.3) is 0 Å². The summed E-state index contributed by atoms with van der Waals surface area (Å²) in [6, 6.07) is 5.43. The Kier molecular flexibility index (Phi) is 4.01. The summed E-state index contributed by atoms with van der Waals surface area (Å²) in [6.07, 6.45) is 5.72. The van der Waals surface area contributed by atoms with Crippen molar-refractivity contribution in [3.8, 4) is 0 Å². The highest BCUT2D eigenvalue weighted by atomic mass is 35.5. The molecule has 1 amide bonds. The predicted molar refractivity (Wildman–Crippen MR) is 98.2 cm³/mol. The van der Waals surface area contributed by atoms with Crippen molar-refractivity contribution in [2.45, 2.75) is 38.1 Å². The molecule has 6 heteroatoms. The van der Waals surface area contributed by atoms with Gasteiger partial charge in [-0.15, -0.1) is 0 Å². The maximum atomic E-state index is 13.0. The number of anilines is 1. The number of halogens is 1. The van der Waals surface area contributed by atoms with Crippen LogP contribution in [0.4, 0.5) is 5.82 Å². The summed E-state index contributed by atoms with van der Waals surface area (Å²) in [5, 5.41) is 4.04. The molecule has 2 aliphatic rings. The van der Waals surface area contributed by atoms with Crippen molar-refractivity contribution in [3.05, 3.63) is 52.4 Å². The van der Waals surface area contributed by atoms with Gasteiger partial charge < -0.3 is 5.32 Å². The summed E-state index contributed by atoms with van der Waals surface area (Å²) >= 11 is 6.15. The number of hydrogen-bond acceptors (Lipinski definition) is 4. The fraction of sp³-hybridized carbons (Fsp3) is 0.421. The second kappa shape index (κ2) is 6.07. The molecule has 0 radical (unpaired) electrons. The lowest BCUT2D eigenvalue weighted by Gasteiger charge is -2.32. The highest BCUT2D eigenvalue weighted by Gasteiger charge is 2.44. The van der Waals surface area contributed by atoms with E-state index in [1.165, 1.54) is 0 Å². The lowest BCUT2D eigenvalue weighted by atomic mass is 9.94. The highest BCUT2D eigenvalue weighted by Crippen LogP contribution is 2.42. The van der Waals surface area contributed by atoms with Gasteiger partial charge in [0.05, 0.1) is 17.4 Å². The van der Waals surface area contributed by atoms with E-state index in [2.05, 4.69) is 10.3 Å². The van der Waals surface area contributed by atoms with Gasteiger partial charge in [-0.2, -0.15) is 0 Å². The number of hydrogen-bond donors (Lipinski definition) is 1. The lowest BCUT2D eigenvalue weighted by Crippen LogP contribution is -2.40. The molecule has 2 aliphatic heterocycles. The Bertz CT molecular complexity index is 830. The Morgan fingerprint density at radius 2 is 2.16 bits per heavy atom. The summed E-state index contributed by atoms with van der Waals surface area (Å²) < 4.78 is 0. The van der Waals surface area contributed by atoms with Gasteiger partial charge in [-0.1, -0.05) is 11.6 Å². The number of aromatic nitrogens is 2. The number of amides is 1. The van der Waals surface area contributed by atoms with Crippen LogP contribution >= 0.6 is 11.6 Å². The number of benzene rings is 1. The van der Waals surface area contributed by atoms with Crippen LogP contribution in [0, 0.1) is 0 Å². The maximum Gasteiger partial charge on any atom is 0.260 e. The standard InChI is InChI=1S/C19H21ClN4O/c1-19(2)15-8-13(20)5-6-14(15)18(25)24(19)17-11-22-10-16(23-17)12-4-3-7-21-9-12/h5-6,8,10-12,21H,3-4,7,9H2,1-2H3. The fourth-order valence-corrected chi connectivity index (χ4v) is 4.05. The van der Waals surface area contributed by atoms with E-state index in [1.807, 2.05) is 26.1 Å².